The van der Waals surface area contributed by atoms with Crippen molar-refractivity contribution in [2.75, 3.05) is 13.2 Å². The minimum Gasteiger partial charge on any atom is -0.351 e. The Labute approximate surface area is 139 Å². The van der Waals surface area contributed by atoms with Crippen LogP contribution in [-0.2, 0) is 9.53 Å². The van der Waals surface area contributed by atoms with Crippen LogP contribution in [0.15, 0.2) is 23.1 Å². The molecule has 0 aromatic carbocycles. The zero-order valence-electron chi connectivity index (χ0n) is 13.8. The Bertz CT molecular complexity index is 758. The van der Waals surface area contributed by atoms with Crippen LogP contribution in [0.4, 0.5) is 0 Å². The maximum atomic E-state index is 12.8. The summed E-state index contributed by atoms with van der Waals surface area (Å²) in [5.74, 6) is 0.151. The normalized spacial score (nSPS) is 31.7. The summed E-state index contributed by atoms with van der Waals surface area (Å²) in [5.41, 5.74) is -0.640. The Hall–Kier alpha value is -2.15. The Morgan fingerprint density at radius 2 is 2.21 bits per heavy atom. The Morgan fingerprint density at radius 3 is 2.92 bits per heavy atom. The van der Waals surface area contributed by atoms with Crippen LogP contribution in [0.2, 0.25) is 0 Å². The van der Waals surface area contributed by atoms with Crippen LogP contribution in [-0.4, -0.2) is 57.6 Å². The number of ether oxygens (including phenoxy) is 1. The van der Waals surface area contributed by atoms with Crippen molar-refractivity contribution in [3.05, 3.63) is 34.2 Å². The number of hydrogen-bond donors (Lipinski definition) is 1. The second kappa shape index (κ2) is 5.17. The molecule has 128 valence electrons. The highest BCUT2D eigenvalue weighted by molar-refractivity contribution is 5.95. The van der Waals surface area contributed by atoms with Crippen molar-refractivity contribution in [3.8, 4) is 0 Å². The smallest absolute Gasteiger partial charge is 0.254 e. The lowest BCUT2D eigenvalue weighted by Gasteiger charge is -2.34. The molecule has 3 aliphatic rings. The molecule has 1 aromatic rings. The van der Waals surface area contributed by atoms with Gasteiger partial charge in [0.15, 0.2) is 5.72 Å². The molecule has 1 spiro atoms. The maximum absolute atomic E-state index is 12.8. The standard InChI is InChI=1S/C17H21N3O4/c1-10(2)12-9-24-17-4-6-19(13(17)8-15(22)20(12)17)16(23)11-3-5-18-14(21)7-11/h3,5,7,10,12-13H,4,6,8-9H2,1-2H3,(H,18,21)/t12-,13+,17-/m0/s1. The monoisotopic (exact) mass is 331 g/mol. The van der Waals surface area contributed by atoms with Crippen LogP contribution in [0, 0.1) is 5.92 Å². The SMILES string of the molecule is CC(C)[C@@H]1CO[C@@]23CCN(C(=O)c4cc[nH]c(=O)c4)[C@@H]2CC(=O)N13. The number of carbonyl (C=O) groups excluding carboxylic acids is 2. The highest BCUT2D eigenvalue weighted by atomic mass is 16.5. The number of amides is 2. The van der Waals surface area contributed by atoms with Crippen molar-refractivity contribution >= 4 is 11.8 Å². The molecule has 7 nitrogen and oxygen atoms in total. The summed E-state index contributed by atoms with van der Waals surface area (Å²) in [6.45, 7) is 5.22. The van der Waals surface area contributed by atoms with E-state index in [1.165, 1.54) is 12.3 Å². The molecule has 3 aliphatic heterocycles. The van der Waals surface area contributed by atoms with Crippen molar-refractivity contribution in [2.45, 2.75) is 44.5 Å². The number of aromatic amines is 1. The molecule has 0 unspecified atom stereocenters. The molecule has 2 amide bonds. The molecule has 7 heteroatoms. The third kappa shape index (κ3) is 1.97. The van der Waals surface area contributed by atoms with E-state index >= 15 is 0 Å². The maximum Gasteiger partial charge on any atom is 0.254 e. The van der Waals surface area contributed by atoms with E-state index < -0.39 is 5.72 Å². The molecule has 4 heterocycles. The van der Waals surface area contributed by atoms with Gasteiger partial charge in [0.1, 0.15) is 0 Å². The summed E-state index contributed by atoms with van der Waals surface area (Å²) in [5, 5.41) is 0. The summed E-state index contributed by atoms with van der Waals surface area (Å²) in [4.78, 5) is 43.0. The Kier molecular flexibility index (Phi) is 3.32. The highest BCUT2D eigenvalue weighted by Gasteiger charge is 2.65. The zero-order chi connectivity index (χ0) is 17.1. The quantitative estimate of drug-likeness (QED) is 0.859. The fraction of sp³-hybridized carbons (Fsp3) is 0.588. The van der Waals surface area contributed by atoms with Gasteiger partial charge in [-0.3, -0.25) is 14.4 Å². The van der Waals surface area contributed by atoms with Crippen LogP contribution >= 0.6 is 0 Å². The van der Waals surface area contributed by atoms with E-state index in [1.807, 2.05) is 4.90 Å². The lowest BCUT2D eigenvalue weighted by molar-refractivity contribution is -0.139. The van der Waals surface area contributed by atoms with Gasteiger partial charge in [-0.15, -0.1) is 0 Å². The summed E-state index contributed by atoms with van der Waals surface area (Å²) in [6.07, 6.45) is 2.38. The van der Waals surface area contributed by atoms with E-state index in [0.717, 1.165) is 0 Å². The number of likely N-dealkylation sites (tertiary alicyclic amines) is 1. The summed E-state index contributed by atoms with van der Waals surface area (Å²) < 4.78 is 6.12. The van der Waals surface area contributed by atoms with Gasteiger partial charge in [0, 0.05) is 30.8 Å². The minimum absolute atomic E-state index is 0.0552. The number of nitrogens with one attached hydrogen (secondary N) is 1. The predicted molar refractivity (Wildman–Crippen MR) is 85.3 cm³/mol. The van der Waals surface area contributed by atoms with Crippen LogP contribution in [0.5, 0.6) is 0 Å². The number of rotatable bonds is 2. The van der Waals surface area contributed by atoms with Gasteiger partial charge in [0.2, 0.25) is 11.5 Å². The first-order valence-corrected chi connectivity index (χ1v) is 8.40. The van der Waals surface area contributed by atoms with Crippen LogP contribution < -0.4 is 5.56 Å². The number of H-pyrrole nitrogens is 1. The third-order valence-electron chi connectivity index (χ3n) is 5.54. The predicted octanol–water partition coefficient (Wildman–Crippen LogP) is 0.573. The van der Waals surface area contributed by atoms with E-state index in [4.69, 9.17) is 4.74 Å². The molecular formula is C17H21N3O4. The van der Waals surface area contributed by atoms with Gasteiger partial charge in [0.25, 0.3) is 5.91 Å². The molecule has 3 saturated heterocycles. The van der Waals surface area contributed by atoms with Gasteiger partial charge >= 0.3 is 0 Å². The van der Waals surface area contributed by atoms with Crippen LogP contribution in [0.3, 0.4) is 0 Å². The first-order chi connectivity index (χ1) is 11.4. The molecule has 0 radical (unpaired) electrons. The fourth-order valence-corrected chi connectivity index (χ4v) is 4.36. The molecule has 0 saturated carbocycles. The number of aromatic nitrogens is 1. The average Bonchev–Trinajstić information content (AvgIpc) is 3.16. The second-order valence-electron chi connectivity index (χ2n) is 7.14. The lowest BCUT2D eigenvalue weighted by Crippen LogP contribution is -2.51. The van der Waals surface area contributed by atoms with Gasteiger partial charge < -0.3 is 19.5 Å². The van der Waals surface area contributed by atoms with Crippen LogP contribution in [0.1, 0.15) is 37.0 Å². The van der Waals surface area contributed by atoms with Crippen molar-refractivity contribution in [1.29, 1.82) is 0 Å². The first kappa shape index (κ1) is 15.4. The fourth-order valence-electron chi connectivity index (χ4n) is 4.36. The topological polar surface area (TPSA) is 82.7 Å². The molecule has 1 aromatic heterocycles. The molecule has 0 bridgehead atoms. The van der Waals surface area contributed by atoms with Gasteiger partial charge in [-0.2, -0.15) is 0 Å². The largest absolute Gasteiger partial charge is 0.351 e. The average molecular weight is 331 g/mol. The van der Waals surface area contributed by atoms with Crippen molar-refractivity contribution in [2.24, 2.45) is 5.92 Å². The van der Waals surface area contributed by atoms with E-state index in [1.54, 1.807) is 11.0 Å². The van der Waals surface area contributed by atoms with E-state index in [9.17, 15) is 14.4 Å². The number of nitrogens with zero attached hydrogens (tertiary/aromatic N) is 2. The van der Waals surface area contributed by atoms with Gasteiger partial charge in [-0.1, -0.05) is 13.8 Å². The van der Waals surface area contributed by atoms with E-state index in [2.05, 4.69) is 18.8 Å². The first-order valence-electron chi connectivity index (χ1n) is 8.40. The summed E-state index contributed by atoms with van der Waals surface area (Å²) in [7, 11) is 0. The van der Waals surface area contributed by atoms with E-state index in [0.29, 0.717) is 31.1 Å². The molecule has 0 aliphatic carbocycles. The lowest BCUT2D eigenvalue weighted by atomic mass is 10.0. The van der Waals surface area contributed by atoms with Gasteiger partial charge in [0.05, 0.1) is 25.1 Å². The van der Waals surface area contributed by atoms with Crippen molar-refractivity contribution in [3.63, 3.8) is 0 Å². The Morgan fingerprint density at radius 1 is 1.42 bits per heavy atom. The Balaban J connectivity index is 1.66. The molecule has 4 rings (SSSR count). The third-order valence-corrected chi connectivity index (χ3v) is 5.54. The highest BCUT2D eigenvalue weighted by Crippen LogP contribution is 2.49. The minimum atomic E-state index is -0.678. The van der Waals surface area contributed by atoms with Gasteiger partial charge in [-0.25, -0.2) is 0 Å². The second-order valence-corrected chi connectivity index (χ2v) is 7.14. The number of pyridine rings is 1. The molecule has 3 fully saturated rings. The molecule has 24 heavy (non-hydrogen) atoms. The molecule has 3 atom stereocenters. The van der Waals surface area contributed by atoms with Crippen molar-refractivity contribution < 1.29 is 14.3 Å². The number of hydrogen-bond acceptors (Lipinski definition) is 4. The van der Waals surface area contributed by atoms with Crippen molar-refractivity contribution in [1.82, 2.24) is 14.8 Å². The molecular weight excluding hydrogens is 310 g/mol. The summed E-state index contributed by atoms with van der Waals surface area (Å²) >= 11 is 0. The van der Waals surface area contributed by atoms with E-state index in [-0.39, 0.29) is 35.9 Å². The zero-order valence-corrected chi connectivity index (χ0v) is 13.8. The van der Waals surface area contributed by atoms with Crippen LogP contribution in [0.25, 0.3) is 0 Å². The summed E-state index contributed by atoms with van der Waals surface area (Å²) in [6, 6.07) is 2.68. The number of carbonyl (C=O) groups is 2. The van der Waals surface area contributed by atoms with Gasteiger partial charge in [-0.05, 0) is 12.0 Å². The molecule has 1 N–H and O–H groups in total.